The molecule has 1 aromatic heterocycles. The molecule has 0 saturated carbocycles. The van der Waals surface area contributed by atoms with Crippen molar-refractivity contribution in [3.8, 4) is 0 Å². The average molecular weight is 263 g/mol. The quantitative estimate of drug-likeness (QED) is 0.794. The van der Waals surface area contributed by atoms with E-state index in [9.17, 15) is 8.78 Å². The van der Waals surface area contributed by atoms with Gasteiger partial charge in [-0.25, -0.2) is 8.78 Å². The van der Waals surface area contributed by atoms with Crippen LogP contribution in [0, 0.1) is 0 Å². The van der Waals surface area contributed by atoms with Crippen LogP contribution >= 0.6 is 12.4 Å². The van der Waals surface area contributed by atoms with E-state index in [-0.39, 0.29) is 12.4 Å². The second-order valence-corrected chi connectivity index (χ2v) is 3.69. The van der Waals surface area contributed by atoms with Crippen LogP contribution < -0.4 is 5.73 Å². The lowest BCUT2D eigenvalue weighted by Gasteiger charge is -2.20. The Balaban J connectivity index is 0.00000144. The van der Waals surface area contributed by atoms with Crippen LogP contribution in [0.1, 0.15) is 11.6 Å². The van der Waals surface area contributed by atoms with Crippen molar-refractivity contribution in [3.63, 3.8) is 0 Å². The molecule has 0 aliphatic heterocycles. The molecule has 2 rings (SSSR count). The number of aliphatic hydroxyl groups excluding tert-OH is 1. The van der Waals surface area contributed by atoms with Crippen molar-refractivity contribution < 1.29 is 13.9 Å². The predicted octanol–water partition coefficient (Wildman–Crippen LogP) is 2.22. The topological polar surface area (TPSA) is 62.0 Å². The van der Waals surface area contributed by atoms with E-state index >= 15 is 0 Å². The van der Waals surface area contributed by atoms with Crippen LogP contribution in [0.5, 0.6) is 0 Å². The summed E-state index contributed by atoms with van der Waals surface area (Å²) in [4.78, 5) is 2.87. The van der Waals surface area contributed by atoms with Gasteiger partial charge in [0.1, 0.15) is 6.61 Å². The Morgan fingerprint density at radius 1 is 1.35 bits per heavy atom. The summed E-state index contributed by atoms with van der Waals surface area (Å²) in [5.41, 5.74) is 6.53. The lowest BCUT2D eigenvalue weighted by atomic mass is 10.0. The number of hydrogen-bond acceptors (Lipinski definition) is 2. The lowest BCUT2D eigenvalue weighted by molar-refractivity contribution is -0.0708. The van der Waals surface area contributed by atoms with Gasteiger partial charge in [0.25, 0.3) is 5.92 Å². The van der Waals surface area contributed by atoms with E-state index in [1.807, 2.05) is 0 Å². The third-order valence-corrected chi connectivity index (χ3v) is 2.62. The maximum Gasteiger partial charge on any atom is 0.289 e. The molecule has 0 bridgehead atoms. The first kappa shape index (κ1) is 13.9. The molecular formula is C11H13ClF2N2O. The first-order chi connectivity index (χ1) is 7.56. The Labute approximate surface area is 103 Å². The van der Waals surface area contributed by atoms with Gasteiger partial charge in [-0.1, -0.05) is 18.2 Å². The molecule has 2 aromatic rings. The molecule has 94 valence electrons. The lowest BCUT2D eigenvalue weighted by Crippen LogP contribution is -2.36. The molecular weight excluding hydrogens is 250 g/mol. The molecule has 6 heteroatoms. The van der Waals surface area contributed by atoms with Crippen molar-refractivity contribution in [2.75, 3.05) is 6.61 Å². The van der Waals surface area contributed by atoms with Crippen LogP contribution in [-0.2, 0) is 0 Å². The van der Waals surface area contributed by atoms with E-state index in [2.05, 4.69) is 4.98 Å². The van der Waals surface area contributed by atoms with Gasteiger partial charge in [-0.15, -0.1) is 12.4 Å². The molecule has 17 heavy (non-hydrogen) atoms. The highest BCUT2D eigenvalue weighted by molar-refractivity contribution is 5.85. The SMILES string of the molecule is Cl.N[C@H](c1c[nH]c2ccccc12)C(F)(F)CO. The highest BCUT2D eigenvalue weighted by Gasteiger charge is 2.38. The standard InChI is InChI=1S/C11H12F2N2O.ClH/c12-11(13,6-16)10(14)8-5-15-9-4-2-1-3-7(8)9;/h1-5,10,15-16H,6,14H2;1H/t10-;/m1./s1. The number of para-hydroxylation sites is 1. The molecule has 4 N–H and O–H groups in total. The van der Waals surface area contributed by atoms with E-state index < -0.39 is 18.6 Å². The number of nitrogens with one attached hydrogen (secondary N) is 1. The van der Waals surface area contributed by atoms with Crippen LogP contribution in [0.2, 0.25) is 0 Å². The Kier molecular flexibility index (Phi) is 4.08. The Hall–Kier alpha value is -1.17. The van der Waals surface area contributed by atoms with Gasteiger partial charge in [-0.2, -0.15) is 0 Å². The van der Waals surface area contributed by atoms with E-state index in [1.54, 1.807) is 24.3 Å². The van der Waals surface area contributed by atoms with Crippen LogP contribution in [0.15, 0.2) is 30.5 Å². The molecule has 0 saturated heterocycles. The number of aliphatic hydroxyl groups is 1. The van der Waals surface area contributed by atoms with Gasteiger partial charge in [0.2, 0.25) is 0 Å². The van der Waals surface area contributed by atoms with Gasteiger partial charge in [0.05, 0.1) is 6.04 Å². The summed E-state index contributed by atoms with van der Waals surface area (Å²) in [5, 5.41) is 9.25. The number of aromatic nitrogens is 1. The third kappa shape index (κ3) is 2.41. The number of fused-ring (bicyclic) bond motifs is 1. The summed E-state index contributed by atoms with van der Waals surface area (Å²) in [6, 6.07) is 5.55. The molecule has 1 heterocycles. The molecule has 0 amide bonds. The summed E-state index contributed by atoms with van der Waals surface area (Å²) < 4.78 is 26.5. The summed E-state index contributed by atoms with van der Waals surface area (Å²) in [6.07, 6.45) is 1.46. The van der Waals surface area contributed by atoms with E-state index in [0.29, 0.717) is 10.9 Å². The second kappa shape index (κ2) is 5.00. The summed E-state index contributed by atoms with van der Waals surface area (Å²) in [7, 11) is 0. The zero-order valence-electron chi connectivity index (χ0n) is 8.86. The highest BCUT2D eigenvalue weighted by Crippen LogP contribution is 2.32. The number of aromatic amines is 1. The van der Waals surface area contributed by atoms with E-state index in [0.717, 1.165) is 5.52 Å². The summed E-state index contributed by atoms with van der Waals surface area (Å²) in [5.74, 6) is -3.31. The number of alkyl halides is 2. The monoisotopic (exact) mass is 262 g/mol. The number of halogens is 3. The molecule has 0 fully saturated rings. The van der Waals surface area contributed by atoms with Gasteiger partial charge < -0.3 is 15.8 Å². The van der Waals surface area contributed by atoms with Gasteiger partial charge in [0.15, 0.2) is 0 Å². The normalized spacial score (nSPS) is 13.4. The van der Waals surface area contributed by atoms with Gasteiger partial charge in [-0.05, 0) is 6.07 Å². The van der Waals surface area contributed by atoms with Crippen LogP contribution in [-0.4, -0.2) is 22.6 Å². The van der Waals surface area contributed by atoms with Crippen molar-refractivity contribution in [2.24, 2.45) is 5.73 Å². The minimum Gasteiger partial charge on any atom is -0.390 e. The van der Waals surface area contributed by atoms with Crippen molar-refractivity contribution in [2.45, 2.75) is 12.0 Å². The third-order valence-electron chi connectivity index (χ3n) is 2.62. The fraction of sp³-hybridized carbons (Fsp3) is 0.273. The van der Waals surface area contributed by atoms with Crippen molar-refractivity contribution in [3.05, 3.63) is 36.0 Å². The maximum absolute atomic E-state index is 13.2. The van der Waals surface area contributed by atoms with Crippen molar-refractivity contribution in [1.82, 2.24) is 4.98 Å². The number of benzene rings is 1. The molecule has 0 spiro atoms. The summed E-state index contributed by atoms with van der Waals surface area (Å²) >= 11 is 0. The van der Waals surface area contributed by atoms with Crippen molar-refractivity contribution >= 4 is 23.3 Å². The van der Waals surface area contributed by atoms with E-state index in [4.69, 9.17) is 10.8 Å². The number of H-pyrrole nitrogens is 1. The highest BCUT2D eigenvalue weighted by atomic mass is 35.5. The van der Waals surface area contributed by atoms with Gasteiger partial charge in [0, 0.05) is 22.7 Å². The van der Waals surface area contributed by atoms with Crippen LogP contribution in [0.4, 0.5) is 8.78 Å². The molecule has 0 aliphatic carbocycles. The minimum absolute atomic E-state index is 0. The van der Waals surface area contributed by atoms with Crippen LogP contribution in [0.25, 0.3) is 10.9 Å². The summed E-state index contributed by atoms with van der Waals surface area (Å²) in [6.45, 7) is -1.26. The molecule has 0 unspecified atom stereocenters. The molecule has 3 nitrogen and oxygen atoms in total. The maximum atomic E-state index is 13.2. The number of nitrogens with two attached hydrogens (primary N) is 1. The minimum atomic E-state index is -3.31. The molecule has 1 aromatic carbocycles. The van der Waals surface area contributed by atoms with Crippen LogP contribution in [0.3, 0.4) is 0 Å². The first-order valence-corrected chi connectivity index (χ1v) is 4.86. The number of rotatable bonds is 3. The predicted molar refractivity (Wildman–Crippen MR) is 64.5 cm³/mol. The Bertz CT molecular complexity index is 501. The Morgan fingerprint density at radius 3 is 2.65 bits per heavy atom. The first-order valence-electron chi connectivity index (χ1n) is 4.86. The molecule has 1 atom stereocenters. The zero-order valence-corrected chi connectivity index (χ0v) is 9.68. The average Bonchev–Trinajstić information content (AvgIpc) is 2.71. The zero-order chi connectivity index (χ0) is 11.8. The Morgan fingerprint density at radius 2 is 2.00 bits per heavy atom. The fourth-order valence-corrected chi connectivity index (χ4v) is 1.68. The fourth-order valence-electron chi connectivity index (χ4n) is 1.68. The largest absolute Gasteiger partial charge is 0.390 e. The smallest absolute Gasteiger partial charge is 0.289 e. The van der Waals surface area contributed by atoms with Gasteiger partial charge in [-0.3, -0.25) is 0 Å². The van der Waals surface area contributed by atoms with Crippen molar-refractivity contribution in [1.29, 1.82) is 0 Å². The molecule has 0 radical (unpaired) electrons. The second-order valence-electron chi connectivity index (χ2n) is 3.69. The van der Waals surface area contributed by atoms with Gasteiger partial charge >= 0.3 is 0 Å². The van der Waals surface area contributed by atoms with E-state index in [1.165, 1.54) is 6.20 Å². The number of hydrogen-bond donors (Lipinski definition) is 3. The molecule has 0 aliphatic rings.